The molecule has 0 aliphatic heterocycles. The van der Waals surface area contributed by atoms with Gasteiger partial charge < -0.3 is 9.64 Å². The van der Waals surface area contributed by atoms with Crippen molar-refractivity contribution in [1.29, 1.82) is 0 Å². The lowest BCUT2D eigenvalue weighted by molar-refractivity contribution is 0.386. The molecule has 0 saturated heterocycles. The molecule has 0 unspecified atom stereocenters. The molecule has 7 nitrogen and oxygen atoms in total. The van der Waals surface area contributed by atoms with Gasteiger partial charge in [-0.1, -0.05) is 0 Å². The molecule has 0 aliphatic carbocycles. The predicted octanol–water partition coefficient (Wildman–Crippen LogP) is 3.91. The molecule has 4 rings (SSSR count). The van der Waals surface area contributed by atoms with E-state index in [1.807, 2.05) is 48.7 Å². The second-order valence-electron chi connectivity index (χ2n) is 7.46. The van der Waals surface area contributed by atoms with Crippen LogP contribution in [0.4, 0.5) is 4.39 Å². The first-order valence-corrected chi connectivity index (χ1v) is 9.78. The lowest BCUT2D eigenvalue weighted by Gasteiger charge is -2.13. The summed E-state index contributed by atoms with van der Waals surface area (Å²) in [6, 6.07) is 12.3. The van der Waals surface area contributed by atoms with Gasteiger partial charge in [-0.2, -0.15) is 0 Å². The van der Waals surface area contributed by atoms with Gasteiger partial charge in [0.05, 0.1) is 31.2 Å². The standard InChI is InChI=1S/C23H23FN6O/c1-15-11-17(24)6-8-19(15)20-9-5-16(12-25-20)23-28-27-21(14-29(2)3)30(23)18-7-10-22(31-4)26-13-18/h5-13H,14H2,1-4H3. The Hall–Kier alpha value is -3.65. The number of benzene rings is 1. The summed E-state index contributed by atoms with van der Waals surface area (Å²) in [6.07, 6.45) is 3.49. The first-order chi connectivity index (χ1) is 15.0. The molecule has 0 bridgehead atoms. The summed E-state index contributed by atoms with van der Waals surface area (Å²) in [5.41, 5.74) is 4.14. The number of hydrogen-bond donors (Lipinski definition) is 0. The summed E-state index contributed by atoms with van der Waals surface area (Å²) in [5, 5.41) is 8.83. The van der Waals surface area contributed by atoms with E-state index in [2.05, 4.69) is 20.2 Å². The Morgan fingerprint density at radius 2 is 1.84 bits per heavy atom. The van der Waals surface area contributed by atoms with Crippen molar-refractivity contribution in [1.82, 2.24) is 29.6 Å². The number of aryl methyl sites for hydroxylation is 1. The minimum Gasteiger partial charge on any atom is -0.481 e. The monoisotopic (exact) mass is 418 g/mol. The van der Waals surface area contributed by atoms with E-state index in [4.69, 9.17) is 4.74 Å². The minimum absolute atomic E-state index is 0.257. The van der Waals surface area contributed by atoms with E-state index in [1.165, 1.54) is 12.1 Å². The van der Waals surface area contributed by atoms with Crippen LogP contribution in [0, 0.1) is 12.7 Å². The Morgan fingerprint density at radius 3 is 2.45 bits per heavy atom. The molecule has 0 atom stereocenters. The molecule has 0 saturated carbocycles. The van der Waals surface area contributed by atoms with Gasteiger partial charge in [-0.05, 0) is 63.0 Å². The third kappa shape index (κ3) is 4.29. The molecule has 0 fully saturated rings. The highest BCUT2D eigenvalue weighted by atomic mass is 19.1. The second kappa shape index (κ2) is 8.61. The van der Waals surface area contributed by atoms with Gasteiger partial charge >= 0.3 is 0 Å². The average Bonchev–Trinajstić information content (AvgIpc) is 3.17. The fourth-order valence-corrected chi connectivity index (χ4v) is 3.39. The van der Waals surface area contributed by atoms with E-state index in [0.717, 1.165) is 33.9 Å². The van der Waals surface area contributed by atoms with Crippen LogP contribution in [0.25, 0.3) is 28.3 Å². The Kier molecular flexibility index (Phi) is 5.73. The van der Waals surface area contributed by atoms with Crippen LogP contribution in [0.1, 0.15) is 11.4 Å². The molecule has 0 spiro atoms. The lowest BCUT2D eigenvalue weighted by atomic mass is 10.0. The van der Waals surface area contributed by atoms with E-state index < -0.39 is 0 Å². The van der Waals surface area contributed by atoms with Crippen LogP contribution in [0.5, 0.6) is 5.88 Å². The van der Waals surface area contributed by atoms with Crippen molar-refractivity contribution in [3.63, 3.8) is 0 Å². The molecule has 31 heavy (non-hydrogen) atoms. The van der Waals surface area contributed by atoms with E-state index in [-0.39, 0.29) is 5.82 Å². The van der Waals surface area contributed by atoms with Crippen LogP contribution in [0.15, 0.2) is 54.9 Å². The molecular formula is C23H23FN6O. The molecule has 0 aliphatic rings. The zero-order valence-electron chi connectivity index (χ0n) is 17.9. The number of rotatable bonds is 6. The summed E-state index contributed by atoms with van der Waals surface area (Å²) in [5.74, 6) is 1.73. The van der Waals surface area contributed by atoms with Crippen molar-refractivity contribution >= 4 is 0 Å². The number of ether oxygens (including phenoxy) is 1. The van der Waals surface area contributed by atoms with Crippen molar-refractivity contribution in [2.24, 2.45) is 0 Å². The van der Waals surface area contributed by atoms with Crippen molar-refractivity contribution in [2.75, 3.05) is 21.2 Å². The van der Waals surface area contributed by atoms with Crippen LogP contribution in [-0.4, -0.2) is 50.8 Å². The molecule has 3 aromatic heterocycles. The summed E-state index contributed by atoms with van der Waals surface area (Å²) < 4.78 is 20.6. The molecule has 4 aromatic rings. The highest BCUT2D eigenvalue weighted by molar-refractivity contribution is 5.66. The van der Waals surface area contributed by atoms with Crippen LogP contribution < -0.4 is 4.74 Å². The van der Waals surface area contributed by atoms with Gasteiger partial charge in [-0.3, -0.25) is 9.55 Å². The maximum Gasteiger partial charge on any atom is 0.213 e. The SMILES string of the molecule is COc1ccc(-n2c(CN(C)C)nnc2-c2ccc(-c3ccc(F)cc3C)nc2)cn1. The Bertz CT molecular complexity index is 1190. The van der Waals surface area contributed by atoms with Gasteiger partial charge in [-0.15, -0.1) is 10.2 Å². The van der Waals surface area contributed by atoms with Gasteiger partial charge in [-0.25, -0.2) is 9.37 Å². The van der Waals surface area contributed by atoms with Crippen LogP contribution in [-0.2, 0) is 6.54 Å². The molecular weight excluding hydrogens is 395 g/mol. The molecule has 0 amide bonds. The molecule has 3 heterocycles. The normalized spacial score (nSPS) is 11.2. The third-order valence-electron chi connectivity index (χ3n) is 4.86. The number of hydrogen-bond acceptors (Lipinski definition) is 6. The fourth-order valence-electron chi connectivity index (χ4n) is 3.39. The Balaban J connectivity index is 1.75. The third-order valence-corrected chi connectivity index (χ3v) is 4.86. The maximum absolute atomic E-state index is 13.4. The smallest absolute Gasteiger partial charge is 0.213 e. The van der Waals surface area contributed by atoms with E-state index in [0.29, 0.717) is 18.2 Å². The zero-order chi connectivity index (χ0) is 22.0. The van der Waals surface area contributed by atoms with E-state index >= 15 is 0 Å². The van der Waals surface area contributed by atoms with Crippen molar-refractivity contribution in [2.45, 2.75) is 13.5 Å². The number of nitrogens with zero attached hydrogens (tertiary/aromatic N) is 6. The van der Waals surface area contributed by atoms with Crippen LogP contribution in [0.3, 0.4) is 0 Å². The number of methoxy groups -OCH3 is 1. The Morgan fingerprint density at radius 1 is 1.00 bits per heavy atom. The molecule has 1 aromatic carbocycles. The zero-order valence-corrected chi connectivity index (χ0v) is 17.9. The van der Waals surface area contributed by atoms with Crippen LogP contribution >= 0.6 is 0 Å². The summed E-state index contributed by atoms with van der Waals surface area (Å²) >= 11 is 0. The molecule has 0 radical (unpaired) electrons. The van der Waals surface area contributed by atoms with Crippen LogP contribution in [0.2, 0.25) is 0 Å². The van der Waals surface area contributed by atoms with Gasteiger partial charge in [0, 0.05) is 23.4 Å². The Labute approximate surface area is 180 Å². The van der Waals surface area contributed by atoms with Crippen molar-refractivity contribution in [3.05, 3.63) is 72.1 Å². The van der Waals surface area contributed by atoms with Gasteiger partial charge in [0.1, 0.15) is 5.82 Å². The van der Waals surface area contributed by atoms with Gasteiger partial charge in [0.25, 0.3) is 0 Å². The molecule has 0 N–H and O–H groups in total. The predicted molar refractivity (Wildman–Crippen MR) is 116 cm³/mol. The lowest BCUT2D eigenvalue weighted by Crippen LogP contribution is -2.15. The molecule has 8 heteroatoms. The van der Waals surface area contributed by atoms with E-state index in [1.54, 1.807) is 31.6 Å². The summed E-state index contributed by atoms with van der Waals surface area (Å²) in [4.78, 5) is 10.9. The van der Waals surface area contributed by atoms with Gasteiger partial charge in [0.15, 0.2) is 11.6 Å². The first-order valence-electron chi connectivity index (χ1n) is 9.78. The first kappa shape index (κ1) is 20.6. The minimum atomic E-state index is -0.257. The van der Waals surface area contributed by atoms with Crippen molar-refractivity contribution < 1.29 is 9.13 Å². The average molecular weight is 418 g/mol. The largest absolute Gasteiger partial charge is 0.481 e. The highest BCUT2D eigenvalue weighted by Gasteiger charge is 2.17. The number of pyridine rings is 2. The maximum atomic E-state index is 13.4. The quantitative estimate of drug-likeness (QED) is 0.473. The highest BCUT2D eigenvalue weighted by Crippen LogP contribution is 2.27. The van der Waals surface area contributed by atoms with E-state index in [9.17, 15) is 4.39 Å². The topological polar surface area (TPSA) is 69.0 Å². The number of aromatic nitrogens is 5. The number of halogens is 1. The van der Waals surface area contributed by atoms with Crippen molar-refractivity contribution in [3.8, 4) is 34.2 Å². The summed E-state index contributed by atoms with van der Waals surface area (Å²) in [6.45, 7) is 2.48. The second-order valence-corrected chi connectivity index (χ2v) is 7.46. The fraction of sp³-hybridized carbons (Fsp3) is 0.217. The van der Waals surface area contributed by atoms with Gasteiger partial charge in [0.2, 0.25) is 5.88 Å². The summed E-state index contributed by atoms with van der Waals surface area (Å²) in [7, 11) is 5.54. The molecule has 158 valence electrons.